The average Bonchev–Trinajstić information content (AvgIpc) is 2.84. The zero-order chi connectivity index (χ0) is 11.9. The van der Waals surface area contributed by atoms with Crippen molar-refractivity contribution in [2.24, 2.45) is 5.92 Å². The summed E-state index contributed by atoms with van der Waals surface area (Å²) in [7, 11) is 0. The molecule has 1 aromatic rings. The van der Waals surface area contributed by atoms with Crippen LogP contribution in [0.4, 0.5) is 0 Å². The van der Waals surface area contributed by atoms with Crippen LogP contribution in [-0.4, -0.2) is 14.9 Å². The maximum atomic E-state index is 10.6. The van der Waals surface area contributed by atoms with E-state index in [1.165, 1.54) is 12.8 Å². The second kappa shape index (κ2) is 4.04. The molecular weight excluding hydrogens is 224 g/mol. The smallest absolute Gasteiger partial charge is 0.105 e. The van der Waals surface area contributed by atoms with Gasteiger partial charge in [-0.15, -0.1) is 0 Å². The van der Waals surface area contributed by atoms with E-state index < -0.39 is 5.60 Å². The fourth-order valence-electron chi connectivity index (χ4n) is 2.22. The first kappa shape index (κ1) is 11.9. The minimum absolute atomic E-state index is 0.216. The summed E-state index contributed by atoms with van der Waals surface area (Å²) in [5.74, 6) is 0.654. The lowest BCUT2D eigenvalue weighted by molar-refractivity contribution is 0.0315. The Balaban J connectivity index is 2.32. The van der Waals surface area contributed by atoms with Crippen molar-refractivity contribution in [3.63, 3.8) is 0 Å². The van der Waals surface area contributed by atoms with E-state index in [1.807, 2.05) is 25.5 Å². The summed E-state index contributed by atoms with van der Waals surface area (Å²) in [5, 5.41) is 15.4. The lowest BCUT2D eigenvalue weighted by atomic mass is 9.95. The largest absolute Gasteiger partial charge is 0.384 e. The Morgan fingerprint density at radius 1 is 1.62 bits per heavy atom. The van der Waals surface area contributed by atoms with Gasteiger partial charge in [-0.3, -0.25) is 4.68 Å². The molecule has 1 aliphatic rings. The lowest BCUT2D eigenvalue weighted by Gasteiger charge is -2.26. The molecule has 0 bridgehead atoms. The van der Waals surface area contributed by atoms with Crippen molar-refractivity contribution in [3.8, 4) is 0 Å². The van der Waals surface area contributed by atoms with Gasteiger partial charge in [0.05, 0.1) is 16.9 Å². The van der Waals surface area contributed by atoms with Crippen LogP contribution in [0, 0.1) is 5.92 Å². The second-order valence-electron chi connectivity index (χ2n) is 5.30. The number of nitrogens with zero attached hydrogens (tertiary/aromatic N) is 2. The molecule has 1 saturated carbocycles. The fraction of sp³-hybridized carbons (Fsp3) is 0.750. The van der Waals surface area contributed by atoms with Gasteiger partial charge in [-0.05, 0) is 33.1 Å². The maximum Gasteiger partial charge on any atom is 0.105 e. The summed E-state index contributed by atoms with van der Waals surface area (Å²) in [4.78, 5) is 0. The van der Waals surface area contributed by atoms with Crippen LogP contribution in [0.3, 0.4) is 0 Å². The van der Waals surface area contributed by atoms with Crippen LogP contribution in [0.1, 0.15) is 51.8 Å². The maximum absolute atomic E-state index is 10.6. The van der Waals surface area contributed by atoms with Crippen LogP contribution >= 0.6 is 11.6 Å². The molecule has 1 N–H and O–H groups in total. The molecule has 90 valence electrons. The average molecular weight is 243 g/mol. The summed E-state index contributed by atoms with van der Waals surface area (Å²) in [6.07, 6.45) is 4.86. The lowest BCUT2D eigenvalue weighted by Crippen LogP contribution is -2.27. The molecule has 3 nitrogen and oxygen atoms in total. The van der Waals surface area contributed by atoms with Gasteiger partial charge in [0.1, 0.15) is 5.60 Å². The van der Waals surface area contributed by atoms with Gasteiger partial charge in [0.15, 0.2) is 0 Å². The van der Waals surface area contributed by atoms with E-state index in [9.17, 15) is 5.11 Å². The molecule has 0 spiro atoms. The molecule has 0 radical (unpaired) electrons. The van der Waals surface area contributed by atoms with Gasteiger partial charge in [0, 0.05) is 6.04 Å². The van der Waals surface area contributed by atoms with Gasteiger partial charge >= 0.3 is 0 Å². The van der Waals surface area contributed by atoms with E-state index in [0.717, 1.165) is 12.1 Å². The molecule has 2 rings (SSSR count). The molecule has 1 fully saturated rings. The predicted molar refractivity (Wildman–Crippen MR) is 64.5 cm³/mol. The molecule has 1 aromatic heterocycles. The highest BCUT2D eigenvalue weighted by molar-refractivity contribution is 6.31. The van der Waals surface area contributed by atoms with E-state index in [-0.39, 0.29) is 6.04 Å². The molecule has 1 aliphatic carbocycles. The van der Waals surface area contributed by atoms with Crippen molar-refractivity contribution in [1.29, 1.82) is 0 Å². The molecule has 0 aliphatic heterocycles. The highest BCUT2D eigenvalue weighted by Crippen LogP contribution is 2.42. The van der Waals surface area contributed by atoms with E-state index in [0.29, 0.717) is 10.9 Å². The highest BCUT2D eigenvalue weighted by atomic mass is 35.5. The van der Waals surface area contributed by atoms with Crippen LogP contribution in [0.2, 0.25) is 5.02 Å². The highest BCUT2D eigenvalue weighted by Gasteiger charge is 2.37. The Labute approximate surface area is 101 Å². The Bertz CT molecular complexity index is 380. The topological polar surface area (TPSA) is 38.0 Å². The van der Waals surface area contributed by atoms with Crippen molar-refractivity contribution in [2.45, 2.75) is 51.7 Å². The fourth-order valence-corrected chi connectivity index (χ4v) is 2.55. The summed E-state index contributed by atoms with van der Waals surface area (Å²) < 4.78 is 1.82. The Morgan fingerprint density at radius 3 is 2.75 bits per heavy atom. The summed E-state index contributed by atoms with van der Waals surface area (Å²) >= 11 is 6.13. The van der Waals surface area contributed by atoms with Crippen molar-refractivity contribution in [1.82, 2.24) is 9.78 Å². The number of hydrogen-bond donors (Lipinski definition) is 1. The van der Waals surface area contributed by atoms with Gasteiger partial charge in [-0.2, -0.15) is 5.10 Å². The molecule has 0 amide bonds. The zero-order valence-corrected chi connectivity index (χ0v) is 10.8. The van der Waals surface area contributed by atoms with Gasteiger partial charge in [0.2, 0.25) is 0 Å². The minimum Gasteiger partial charge on any atom is -0.384 e. The first-order valence-corrected chi connectivity index (χ1v) is 6.25. The normalized spacial score (nSPS) is 20.1. The van der Waals surface area contributed by atoms with E-state index in [1.54, 1.807) is 6.20 Å². The second-order valence-corrected chi connectivity index (χ2v) is 5.71. The van der Waals surface area contributed by atoms with E-state index >= 15 is 0 Å². The summed E-state index contributed by atoms with van der Waals surface area (Å²) in [6, 6.07) is 0.216. The molecule has 1 atom stereocenters. The number of rotatable bonds is 4. The van der Waals surface area contributed by atoms with Crippen LogP contribution in [-0.2, 0) is 5.60 Å². The summed E-state index contributed by atoms with van der Waals surface area (Å²) in [6.45, 7) is 5.92. The van der Waals surface area contributed by atoms with Gasteiger partial charge in [-0.1, -0.05) is 24.4 Å². The van der Waals surface area contributed by atoms with Crippen molar-refractivity contribution in [2.75, 3.05) is 0 Å². The SMILES string of the molecule is CC(C)n1ncc(Cl)c1C(C)(O)CC1CC1. The van der Waals surface area contributed by atoms with Crippen LogP contribution in [0.25, 0.3) is 0 Å². The number of halogens is 1. The standard InChI is InChI=1S/C12H19ClN2O/c1-8(2)15-11(10(13)7-14-15)12(3,16)6-9-4-5-9/h7-9,16H,4-6H2,1-3H3. The number of aliphatic hydroxyl groups is 1. The van der Waals surface area contributed by atoms with E-state index in [4.69, 9.17) is 11.6 Å². The molecule has 1 heterocycles. The third kappa shape index (κ3) is 2.25. The zero-order valence-electron chi connectivity index (χ0n) is 10.1. The van der Waals surface area contributed by atoms with Crippen molar-refractivity contribution in [3.05, 3.63) is 16.9 Å². The molecule has 1 unspecified atom stereocenters. The quantitative estimate of drug-likeness (QED) is 0.881. The Kier molecular flexibility index (Phi) is 3.01. The monoisotopic (exact) mass is 242 g/mol. The molecule has 16 heavy (non-hydrogen) atoms. The van der Waals surface area contributed by atoms with Gasteiger partial charge in [-0.25, -0.2) is 0 Å². The van der Waals surface area contributed by atoms with Gasteiger partial charge in [0.25, 0.3) is 0 Å². The first-order chi connectivity index (χ1) is 7.42. The Hall–Kier alpha value is -0.540. The van der Waals surface area contributed by atoms with E-state index in [2.05, 4.69) is 5.10 Å². The predicted octanol–water partition coefficient (Wildman–Crippen LogP) is 3.13. The minimum atomic E-state index is -0.862. The van der Waals surface area contributed by atoms with Crippen LogP contribution in [0.15, 0.2) is 6.20 Å². The van der Waals surface area contributed by atoms with Gasteiger partial charge < -0.3 is 5.11 Å². The van der Waals surface area contributed by atoms with Crippen molar-refractivity contribution >= 4 is 11.6 Å². The molecule has 0 saturated heterocycles. The third-order valence-electron chi connectivity index (χ3n) is 3.13. The molecular formula is C12H19ClN2O. The number of hydrogen-bond acceptors (Lipinski definition) is 2. The number of aromatic nitrogens is 2. The van der Waals surface area contributed by atoms with Crippen LogP contribution in [0.5, 0.6) is 0 Å². The first-order valence-electron chi connectivity index (χ1n) is 5.87. The Morgan fingerprint density at radius 2 is 2.25 bits per heavy atom. The molecule has 4 heteroatoms. The molecule has 0 aromatic carbocycles. The van der Waals surface area contributed by atoms with Crippen LogP contribution < -0.4 is 0 Å². The third-order valence-corrected chi connectivity index (χ3v) is 3.41. The summed E-state index contributed by atoms with van der Waals surface area (Å²) in [5.41, 5.74) is -0.102. The van der Waals surface area contributed by atoms with Crippen molar-refractivity contribution < 1.29 is 5.11 Å².